The van der Waals surface area contributed by atoms with Crippen LogP contribution in [0.4, 0.5) is 0 Å². The number of carbonyl (C=O) groups is 1. The van der Waals surface area contributed by atoms with Crippen molar-refractivity contribution in [3.63, 3.8) is 0 Å². The number of rotatable bonds is 4. The first kappa shape index (κ1) is 12.7. The summed E-state index contributed by atoms with van der Waals surface area (Å²) in [5, 5.41) is 20.2. The number of tetrazole rings is 1. The summed E-state index contributed by atoms with van der Waals surface area (Å²) >= 11 is 3.37. The number of carboxylic acid groups (broad SMARTS) is 1. The number of halogens is 1. The molecule has 7 heteroatoms. The quantitative estimate of drug-likeness (QED) is 0.927. The van der Waals surface area contributed by atoms with Crippen LogP contribution < -0.4 is 0 Å². The van der Waals surface area contributed by atoms with Gasteiger partial charge in [0.15, 0.2) is 5.82 Å². The highest BCUT2D eigenvalue weighted by molar-refractivity contribution is 9.10. The molecular weight excluding hydrogens is 300 g/mol. The van der Waals surface area contributed by atoms with Crippen LogP contribution >= 0.6 is 15.9 Å². The van der Waals surface area contributed by atoms with E-state index in [1.807, 2.05) is 24.3 Å². The van der Waals surface area contributed by atoms with Gasteiger partial charge in [-0.25, -0.2) is 4.68 Å². The molecule has 0 spiro atoms. The van der Waals surface area contributed by atoms with Gasteiger partial charge in [-0.05, 0) is 28.1 Å². The third-order valence-corrected chi connectivity index (χ3v) is 3.09. The van der Waals surface area contributed by atoms with Crippen LogP contribution in [-0.2, 0) is 11.8 Å². The zero-order valence-corrected chi connectivity index (χ0v) is 11.2. The van der Waals surface area contributed by atoms with Gasteiger partial charge in [-0.15, -0.1) is 5.10 Å². The number of aromatic nitrogens is 4. The number of nitrogens with zero attached hydrogens (tertiary/aromatic N) is 4. The van der Waals surface area contributed by atoms with E-state index in [2.05, 4.69) is 31.5 Å². The van der Waals surface area contributed by atoms with Crippen molar-refractivity contribution >= 4 is 21.9 Å². The molecule has 0 saturated carbocycles. The second-order valence-corrected chi connectivity index (χ2v) is 4.78. The first-order valence-electron chi connectivity index (χ1n) is 5.27. The number of hydrogen-bond acceptors (Lipinski definition) is 4. The Bertz CT molecular complexity index is 570. The third-order valence-electron chi connectivity index (χ3n) is 2.59. The van der Waals surface area contributed by atoms with Crippen LogP contribution in [0.5, 0.6) is 0 Å². The minimum atomic E-state index is -0.886. The van der Waals surface area contributed by atoms with E-state index in [1.54, 1.807) is 7.05 Å². The molecule has 94 valence electrons. The van der Waals surface area contributed by atoms with Crippen LogP contribution in [-0.4, -0.2) is 31.3 Å². The van der Waals surface area contributed by atoms with Crippen molar-refractivity contribution in [2.45, 2.75) is 12.3 Å². The molecular formula is C11H11BrN4O2. The first-order chi connectivity index (χ1) is 8.58. The normalized spacial score (nSPS) is 12.3. The van der Waals surface area contributed by atoms with Crippen molar-refractivity contribution in [2.24, 2.45) is 7.05 Å². The molecule has 2 rings (SSSR count). The average molecular weight is 311 g/mol. The molecule has 1 N–H and O–H groups in total. The van der Waals surface area contributed by atoms with Crippen LogP contribution in [0, 0.1) is 0 Å². The van der Waals surface area contributed by atoms with E-state index in [1.165, 1.54) is 4.68 Å². The SMILES string of the molecule is Cn1nnnc1C(CC(=O)O)c1cccc(Br)c1. The Kier molecular flexibility index (Phi) is 3.71. The van der Waals surface area contributed by atoms with Gasteiger partial charge in [0.25, 0.3) is 0 Å². The number of aryl methyl sites for hydroxylation is 1. The van der Waals surface area contributed by atoms with Gasteiger partial charge in [0.2, 0.25) is 0 Å². The summed E-state index contributed by atoms with van der Waals surface area (Å²) in [5.74, 6) is -0.710. The maximum Gasteiger partial charge on any atom is 0.304 e. The molecule has 6 nitrogen and oxygen atoms in total. The van der Waals surface area contributed by atoms with Gasteiger partial charge in [-0.3, -0.25) is 4.79 Å². The number of hydrogen-bond donors (Lipinski definition) is 1. The Morgan fingerprint density at radius 2 is 2.33 bits per heavy atom. The summed E-state index contributed by atoms with van der Waals surface area (Å²) in [6, 6.07) is 7.49. The third kappa shape index (κ3) is 2.73. The van der Waals surface area contributed by atoms with Crippen molar-refractivity contribution in [3.8, 4) is 0 Å². The highest BCUT2D eigenvalue weighted by atomic mass is 79.9. The van der Waals surface area contributed by atoms with Crippen LogP contribution in [0.3, 0.4) is 0 Å². The molecule has 2 aromatic rings. The lowest BCUT2D eigenvalue weighted by Crippen LogP contribution is -2.13. The largest absolute Gasteiger partial charge is 0.481 e. The van der Waals surface area contributed by atoms with E-state index in [-0.39, 0.29) is 12.3 Å². The Morgan fingerprint density at radius 3 is 2.89 bits per heavy atom. The van der Waals surface area contributed by atoms with Crippen molar-refractivity contribution in [2.75, 3.05) is 0 Å². The Balaban J connectivity index is 2.43. The smallest absolute Gasteiger partial charge is 0.304 e. The van der Waals surface area contributed by atoms with E-state index in [9.17, 15) is 4.79 Å². The van der Waals surface area contributed by atoms with Gasteiger partial charge in [0.05, 0.1) is 12.3 Å². The lowest BCUT2D eigenvalue weighted by molar-refractivity contribution is -0.137. The van der Waals surface area contributed by atoms with Gasteiger partial charge in [0.1, 0.15) is 0 Å². The fraction of sp³-hybridized carbons (Fsp3) is 0.273. The maximum atomic E-state index is 11.0. The molecule has 0 saturated heterocycles. The minimum absolute atomic E-state index is 0.0509. The Labute approximate surface area is 112 Å². The second kappa shape index (κ2) is 5.26. The molecule has 18 heavy (non-hydrogen) atoms. The van der Waals surface area contributed by atoms with Gasteiger partial charge >= 0.3 is 5.97 Å². The lowest BCUT2D eigenvalue weighted by atomic mass is 9.95. The highest BCUT2D eigenvalue weighted by Gasteiger charge is 2.23. The summed E-state index contributed by atoms with van der Waals surface area (Å²) in [6.07, 6.45) is -0.0509. The zero-order chi connectivity index (χ0) is 13.1. The van der Waals surface area contributed by atoms with E-state index in [0.717, 1.165) is 10.0 Å². The molecule has 0 aliphatic heterocycles. The summed E-state index contributed by atoms with van der Waals surface area (Å²) in [7, 11) is 1.70. The highest BCUT2D eigenvalue weighted by Crippen LogP contribution is 2.27. The molecule has 0 aliphatic rings. The number of aliphatic carboxylic acids is 1. The van der Waals surface area contributed by atoms with Crippen molar-refractivity contribution in [1.29, 1.82) is 0 Å². The maximum absolute atomic E-state index is 11.0. The van der Waals surface area contributed by atoms with Crippen LogP contribution in [0.1, 0.15) is 23.7 Å². The monoisotopic (exact) mass is 310 g/mol. The van der Waals surface area contributed by atoms with Gasteiger partial charge in [0, 0.05) is 11.5 Å². The summed E-state index contributed by atoms with van der Waals surface area (Å²) < 4.78 is 2.39. The molecule has 1 aromatic carbocycles. The second-order valence-electron chi connectivity index (χ2n) is 3.87. The van der Waals surface area contributed by atoms with Gasteiger partial charge < -0.3 is 5.11 Å². The van der Waals surface area contributed by atoms with Crippen LogP contribution in [0.25, 0.3) is 0 Å². The van der Waals surface area contributed by atoms with Crippen molar-refractivity contribution in [1.82, 2.24) is 20.2 Å². The molecule has 0 amide bonds. The summed E-state index contributed by atoms with van der Waals surface area (Å²) in [6.45, 7) is 0. The molecule has 0 aliphatic carbocycles. The standard InChI is InChI=1S/C11H11BrN4O2/c1-16-11(13-14-15-16)9(6-10(17)18)7-3-2-4-8(12)5-7/h2-5,9H,6H2,1H3,(H,17,18). The van der Waals surface area contributed by atoms with E-state index in [4.69, 9.17) is 5.11 Å². The van der Waals surface area contributed by atoms with E-state index < -0.39 is 5.97 Å². The van der Waals surface area contributed by atoms with E-state index in [0.29, 0.717) is 5.82 Å². The van der Waals surface area contributed by atoms with Crippen LogP contribution in [0.15, 0.2) is 28.7 Å². The number of benzene rings is 1. The van der Waals surface area contributed by atoms with Gasteiger partial charge in [-0.1, -0.05) is 28.1 Å². The molecule has 1 unspecified atom stereocenters. The fourth-order valence-electron chi connectivity index (χ4n) is 1.79. The van der Waals surface area contributed by atoms with Crippen molar-refractivity contribution in [3.05, 3.63) is 40.1 Å². The molecule has 0 fully saturated rings. The average Bonchev–Trinajstić information content (AvgIpc) is 2.72. The Hall–Kier alpha value is -1.76. The molecule has 1 aromatic heterocycles. The number of carboxylic acids is 1. The van der Waals surface area contributed by atoms with Gasteiger partial charge in [-0.2, -0.15) is 0 Å². The minimum Gasteiger partial charge on any atom is -0.481 e. The molecule has 0 radical (unpaired) electrons. The molecule has 1 heterocycles. The van der Waals surface area contributed by atoms with Crippen LogP contribution in [0.2, 0.25) is 0 Å². The predicted octanol–water partition coefficient (Wildman–Crippen LogP) is 1.58. The topological polar surface area (TPSA) is 80.9 Å². The lowest BCUT2D eigenvalue weighted by Gasteiger charge is -2.13. The predicted molar refractivity (Wildman–Crippen MR) is 67.0 cm³/mol. The van der Waals surface area contributed by atoms with Crippen molar-refractivity contribution < 1.29 is 9.90 Å². The van der Waals surface area contributed by atoms with E-state index >= 15 is 0 Å². The molecule has 1 atom stereocenters. The Morgan fingerprint density at radius 1 is 1.56 bits per heavy atom. The first-order valence-corrected chi connectivity index (χ1v) is 6.06. The molecule has 0 bridgehead atoms. The summed E-state index contributed by atoms with van der Waals surface area (Å²) in [4.78, 5) is 11.0. The summed E-state index contributed by atoms with van der Waals surface area (Å²) in [5.41, 5.74) is 0.865. The zero-order valence-electron chi connectivity index (χ0n) is 9.62. The fourth-order valence-corrected chi connectivity index (χ4v) is 2.20.